The summed E-state index contributed by atoms with van der Waals surface area (Å²) >= 11 is 0. The third-order valence-electron chi connectivity index (χ3n) is 5.40. The van der Waals surface area contributed by atoms with Crippen molar-refractivity contribution >= 4 is 17.5 Å². The van der Waals surface area contributed by atoms with Crippen LogP contribution in [-0.2, 0) is 30.7 Å². The molecule has 2 aromatic rings. The molecule has 10 nitrogen and oxygen atoms in total. The van der Waals surface area contributed by atoms with Gasteiger partial charge in [0, 0.05) is 42.9 Å². The van der Waals surface area contributed by atoms with Crippen molar-refractivity contribution < 1.29 is 19.4 Å². The van der Waals surface area contributed by atoms with Crippen molar-refractivity contribution in [3.63, 3.8) is 0 Å². The summed E-state index contributed by atoms with van der Waals surface area (Å²) in [4.78, 5) is 34.6. The Labute approximate surface area is 191 Å². The number of hydrogen-bond acceptors (Lipinski definition) is 7. The zero-order valence-corrected chi connectivity index (χ0v) is 19.0. The summed E-state index contributed by atoms with van der Waals surface area (Å²) in [6, 6.07) is 10.2. The van der Waals surface area contributed by atoms with Gasteiger partial charge in [-0.05, 0) is 51.3 Å². The van der Waals surface area contributed by atoms with Crippen molar-refractivity contribution in [2.24, 2.45) is 0 Å². The fourth-order valence-corrected chi connectivity index (χ4v) is 3.93. The fourth-order valence-electron chi connectivity index (χ4n) is 3.93. The molecule has 0 fully saturated rings. The first kappa shape index (κ1) is 24.1. The summed E-state index contributed by atoms with van der Waals surface area (Å²) in [7, 11) is 0. The quantitative estimate of drug-likeness (QED) is 0.531. The predicted octanol–water partition coefficient (Wildman–Crippen LogP) is 4.13. The first-order valence-corrected chi connectivity index (χ1v) is 10.8. The molecule has 4 rings (SSSR count). The van der Waals surface area contributed by atoms with E-state index in [1.807, 2.05) is 32.9 Å². The van der Waals surface area contributed by atoms with Crippen LogP contribution in [0.2, 0.25) is 0 Å². The van der Waals surface area contributed by atoms with Gasteiger partial charge in [-0.1, -0.05) is 24.3 Å². The Morgan fingerprint density at radius 3 is 2.12 bits per heavy atom. The highest BCUT2D eigenvalue weighted by Crippen LogP contribution is 2.28. The van der Waals surface area contributed by atoms with Crippen LogP contribution < -0.4 is 5.32 Å². The van der Waals surface area contributed by atoms with Crippen LogP contribution in [0.25, 0.3) is 0 Å². The Morgan fingerprint density at radius 2 is 1.55 bits per heavy atom. The van der Waals surface area contributed by atoms with E-state index in [1.165, 1.54) is 6.07 Å². The van der Waals surface area contributed by atoms with Crippen molar-refractivity contribution in [2.45, 2.75) is 52.3 Å². The average Bonchev–Trinajstić information content (AvgIpc) is 2.77. The number of rotatable bonds is 2. The lowest BCUT2D eigenvalue weighted by molar-refractivity contribution is -0.385. The predicted molar refractivity (Wildman–Crippen MR) is 122 cm³/mol. The van der Waals surface area contributed by atoms with Gasteiger partial charge >= 0.3 is 6.09 Å². The van der Waals surface area contributed by atoms with Crippen LogP contribution >= 0.6 is 0 Å². The number of nitro groups is 2. The van der Waals surface area contributed by atoms with Crippen LogP contribution in [0.15, 0.2) is 36.4 Å². The molecule has 0 radical (unpaired) electrons. The number of nitrogens with one attached hydrogen (secondary N) is 1. The fraction of sp³-hybridized carbons (Fsp3) is 0.435. The molecule has 10 heteroatoms. The molecule has 0 saturated carbocycles. The molecule has 0 spiro atoms. The average molecular weight is 456 g/mol. The highest BCUT2D eigenvalue weighted by atomic mass is 16.6. The van der Waals surface area contributed by atoms with Gasteiger partial charge < -0.3 is 15.0 Å². The second kappa shape index (κ2) is 9.95. The number of benzene rings is 2. The molecule has 0 aromatic heterocycles. The molecule has 2 heterocycles. The lowest BCUT2D eigenvalue weighted by atomic mass is 9.98. The summed E-state index contributed by atoms with van der Waals surface area (Å²) in [6.07, 6.45) is 0.854. The zero-order chi connectivity index (χ0) is 24.2. The minimum absolute atomic E-state index is 0.131. The van der Waals surface area contributed by atoms with Gasteiger partial charge in [0.15, 0.2) is 0 Å². The summed E-state index contributed by atoms with van der Waals surface area (Å²) in [5.74, 6) is 0. The van der Waals surface area contributed by atoms with E-state index < -0.39 is 5.60 Å². The topological polar surface area (TPSA) is 128 Å². The highest BCUT2D eigenvalue weighted by molar-refractivity contribution is 5.69. The number of fused-ring (bicyclic) bond motifs is 2. The summed E-state index contributed by atoms with van der Waals surface area (Å²) in [5.41, 5.74) is 3.34. The Morgan fingerprint density at radius 1 is 0.970 bits per heavy atom. The van der Waals surface area contributed by atoms with E-state index >= 15 is 0 Å². The number of amides is 1. The van der Waals surface area contributed by atoms with Crippen molar-refractivity contribution in [2.75, 3.05) is 13.1 Å². The van der Waals surface area contributed by atoms with Gasteiger partial charge in [-0.25, -0.2) is 4.79 Å². The normalized spacial score (nSPS) is 14.8. The Kier molecular flexibility index (Phi) is 7.27. The number of carbonyl (C=O) groups is 1. The molecule has 176 valence electrons. The maximum atomic E-state index is 12.0. The van der Waals surface area contributed by atoms with Gasteiger partial charge in [-0.15, -0.1) is 0 Å². The van der Waals surface area contributed by atoms with E-state index in [-0.39, 0.29) is 27.3 Å². The SMILES string of the molecule is CC(C)(C)OC(=O)N1CCc2c(cccc2[N+](=O)[O-])C1.O=[N+]([O-])c1cccc2c1CCNC2. The van der Waals surface area contributed by atoms with Crippen molar-refractivity contribution in [1.29, 1.82) is 0 Å². The molecule has 1 amide bonds. The van der Waals surface area contributed by atoms with Crippen molar-refractivity contribution in [3.05, 3.63) is 78.9 Å². The van der Waals surface area contributed by atoms with E-state index in [0.29, 0.717) is 19.5 Å². The third kappa shape index (κ3) is 6.04. The summed E-state index contributed by atoms with van der Waals surface area (Å²) in [5, 5.41) is 24.8. The molecule has 1 N–H and O–H groups in total. The molecule has 0 unspecified atom stereocenters. The number of ether oxygens (including phenoxy) is 1. The molecular formula is C23H28N4O6. The van der Waals surface area contributed by atoms with Crippen molar-refractivity contribution in [1.82, 2.24) is 10.2 Å². The van der Waals surface area contributed by atoms with Crippen LogP contribution in [0.3, 0.4) is 0 Å². The minimum atomic E-state index is -0.542. The van der Waals surface area contributed by atoms with Gasteiger partial charge in [-0.2, -0.15) is 0 Å². The zero-order valence-electron chi connectivity index (χ0n) is 19.0. The molecule has 2 aliphatic heterocycles. The molecular weight excluding hydrogens is 428 g/mol. The maximum absolute atomic E-state index is 12.0. The highest BCUT2D eigenvalue weighted by Gasteiger charge is 2.29. The Balaban J connectivity index is 0.000000203. The van der Waals surface area contributed by atoms with E-state index in [9.17, 15) is 25.0 Å². The van der Waals surface area contributed by atoms with E-state index in [0.717, 1.165) is 41.8 Å². The van der Waals surface area contributed by atoms with Crippen LogP contribution in [-0.4, -0.2) is 39.5 Å². The van der Waals surface area contributed by atoms with E-state index in [4.69, 9.17) is 4.74 Å². The Bertz CT molecular complexity index is 1060. The standard InChI is InChI=1S/C14H18N2O4.C9H10N2O2/c1-14(2,3)20-13(17)15-8-7-11-10(9-15)5-4-6-12(11)16(18)19;12-11(13)9-3-1-2-7-6-10-5-4-8(7)9/h4-6H,7-9H2,1-3H3;1-3,10H,4-6H2. The minimum Gasteiger partial charge on any atom is -0.444 e. The smallest absolute Gasteiger partial charge is 0.410 e. The first-order valence-electron chi connectivity index (χ1n) is 10.8. The number of hydrogen-bond donors (Lipinski definition) is 1. The number of nitrogens with zero attached hydrogens (tertiary/aromatic N) is 3. The molecule has 0 bridgehead atoms. The molecule has 0 atom stereocenters. The van der Waals surface area contributed by atoms with Gasteiger partial charge in [0.2, 0.25) is 0 Å². The number of nitro benzene ring substituents is 2. The van der Waals surface area contributed by atoms with Crippen LogP contribution in [0.5, 0.6) is 0 Å². The lowest BCUT2D eigenvalue weighted by Crippen LogP contribution is -2.40. The van der Waals surface area contributed by atoms with Crippen LogP contribution in [0.4, 0.5) is 16.2 Å². The molecule has 0 aliphatic carbocycles. The molecule has 0 saturated heterocycles. The maximum Gasteiger partial charge on any atom is 0.410 e. The monoisotopic (exact) mass is 456 g/mol. The second-order valence-corrected chi connectivity index (χ2v) is 8.92. The third-order valence-corrected chi connectivity index (χ3v) is 5.40. The summed E-state index contributed by atoms with van der Waals surface area (Å²) in [6.45, 7) is 7.81. The Hall–Kier alpha value is -3.53. The van der Waals surface area contributed by atoms with Gasteiger partial charge in [0.1, 0.15) is 5.60 Å². The largest absolute Gasteiger partial charge is 0.444 e. The second-order valence-electron chi connectivity index (χ2n) is 8.92. The molecule has 33 heavy (non-hydrogen) atoms. The van der Waals surface area contributed by atoms with Gasteiger partial charge in [0.05, 0.1) is 9.85 Å². The van der Waals surface area contributed by atoms with Gasteiger partial charge in [-0.3, -0.25) is 20.2 Å². The molecule has 2 aromatic carbocycles. The van der Waals surface area contributed by atoms with E-state index in [1.54, 1.807) is 23.1 Å². The van der Waals surface area contributed by atoms with Crippen molar-refractivity contribution in [3.8, 4) is 0 Å². The van der Waals surface area contributed by atoms with E-state index in [2.05, 4.69) is 5.32 Å². The molecule has 2 aliphatic rings. The number of carbonyl (C=O) groups excluding carboxylic acids is 1. The van der Waals surface area contributed by atoms with Crippen LogP contribution in [0, 0.1) is 20.2 Å². The lowest BCUT2D eigenvalue weighted by Gasteiger charge is -2.30. The van der Waals surface area contributed by atoms with Crippen LogP contribution in [0.1, 0.15) is 43.0 Å². The first-order chi connectivity index (χ1) is 15.6. The summed E-state index contributed by atoms with van der Waals surface area (Å²) < 4.78 is 5.32. The van der Waals surface area contributed by atoms with Gasteiger partial charge in [0.25, 0.3) is 11.4 Å².